The maximum absolute atomic E-state index is 5.79. The number of piperidine rings is 1. The van der Waals surface area contributed by atoms with Crippen molar-refractivity contribution in [1.29, 1.82) is 0 Å². The Morgan fingerprint density at radius 1 is 1.32 bits per heavy atom. The third-order valence-corrected chi connectivity index (χ3v) is 3.66. The van der Waals surface area contributed by atoms with Gasteiger partial charge in [0, 0.05) is 12.6 Å². The number of aryl methyl sites for hydroxylation is 1. The molecule has 1 aromatic rings. The molecule has 1 aromatic carbocycles. The highest BCUT2D eigenvalue weighted by Crippen LogP contribution is 2.13. The van der Waals surface area contributed by atoms with E-state index in [1.807, 2.05) is 12.1 Å². The molecule has 0 spiro atoms. The van der Waals surface area contributed by atoms with Gasteiger partial charge in [-0.25, -0.2) is 0 Å². The van der Waals surface area contributed by atoms with E-state index in [1.165, 1.54) is 31.5 Å². The zero-order valence-corrected chi connectivity index (χ0v) is 12.7. The average Bonchev–Trinajstić information content (AvgIpc) is 2.40. The fourth-order valence-electron chi connectivity index (χ4n) is 2.44. The molecule has 0 aliphatic carbocycles. The van der Waals surface area contributed by atoms with Crippen molar-refractivity contribution < 1.29 is 4.74 Å². The van der Waals surface area contributed by atoms with Gasteiger partial charge in [-0.15, -0.1) is 12.4 Å². The molecule has 108 valence electrons. The van der Waals surface area contributed by atoms with E-state index in [9.17, 15) is 0 Å². The molecule has 2 rings (SSSR count). The first-order chi connectivity index (χ1) is 8.78. The van der Waals surface area contributed by atoms with Crippen LogP contribution in [0.3, 0.4) is 0 Å². The molecule has 0 radical (unpaired) electrons. The second-order valence-electron chi connectivity index (χ2n) is 5.07. The first-order valence-electron chi connectivity index (χ1n) is 6.87. The van der Waals surface area contributed by atoms with Gasteiger partial charge in [-0.05, 0) is 57.6 Å². The number of hydrogen-bond donors (Lipinski definition) is 1. The molecular weight excluding hydrogens is 260 g/mol. The van der Waals surface area contributed by atoms with Gasteiger partial charge in [-0.2, -0.15) is 0 Å². The van der Waals surface area contributed by atoms with Crippen LogP contribution in [0.25, 0.3) is 0 Å². The maximum Gasteiger partial charge on any atom is 0.119 e. The molecule has 1 saturated heterocycles. The third kappa shape index (κ3) is 5.39. The van der Waals surface area contributed by atoms with Gasteiger partial charge in [0.1, 0.15) is 12.4 Å². The number of halogens is 1. The van der Waals surface area contributed by atoms with Crippen LogP contribution >= 0.6 is 12.4 Å². The number of nitrogens with zero attached hydrogens (tertiary/aromatic N) is 1. The van der Waals surface area contributed by atoms with E-state index in [0.29, 0.717) is 6.04 Å². The van der Waals surface area contributed by atoms with Gasteiger partial charge in [0.2, 0.25) is 0 Å². The van der Waals surface area contributed by atoms with Gasteiger partial charge < -0.3 is 10.1 Å². The van der Waals surface area contributed by atoms with Crippen LogP contribution in [-0.2, 0) is 0 Å². The lowest BCUT2D eigenvalue weighted by atomic mass is 10.1. The summed E-state index contributed by atoms with van der Waals surface area (Å²) in [7, 11) is 2.06. The van der Waals surface area contributed by atoms with E-state index in [2.05, 4.69) is 36.3 Å². The Kier molecular flexibility index (Phi) is 7.21. The molecule has 4 heteroatoms. The highest BCUT2D eigenvalue weighted by molar-refractivity contribution is 5.85. The molecule has 0 atom stereocenters. The van der Waals surface area contributed by atoms with Gasteiger partial charge >= 0.3 is 0 Å². The number of likely N-dealkylation sites (tertiary alicyclic amines) is 1. The zero-order valence-electron chi connectivity index (χ0n) is 11.9. The van der Waals surface area contributed by atoms with E-state index in [0.717, 1.165) is 18.9 Å². The van der Waals surface area contributed by atoms with Crippen molar-refractivity contribution in [3.63, 3.8) is 0 Å². The topological polar surface area (TPSA) is 24.5 Å². The second kappa shape index (κ2) is 8.41. The maximum atomic E-state index is 5.79. The molecule has 3 nitrogen and oxygen atoms in total. The summed E-state index contributed by atoms with van der Waals surface area (Å²) in [6.45, 7) is 6.28. The summed E-state index contributed by atoms with van der Waals surface area (Å²) in [5.74, 6) is 0.986. The van der Waals surface area contributed by atoms with Gasteiger partial charge in [0.15, 0.2) is 0 Å². The predicted molar refractivity (Wildman–Crippen MR) is 82.4 cm³/mol. The number of benzene rings is 1. The molecule has 0 unspecified atom stereocenters. The van der Waals surface area contributed by atoms with Crippen molar-refractivity contribution in [2.45, 2.75) is 25.8 Å². The van der Waals surface area contributed by atoms with Crippen molar-refractivity contribution in [3.05, 3.63) is 29.8 Å². The molecule has 0 aromatic heterocycles. The van der Waals surface area contributed by atoms with Crippen molar-refractivity contribution >= 4 is 12.4 Å². The fourth-order valence-corrected chi connectivity index (χ4v) is 2.44. The lowest BCUT2D eigenvalue weighted by Crippen LogP contribution is -2.42. The summed E-state index contributed by atoms with van der Waals surface area (Å²) < 4.78 is 5.79. The number of hydrogen-bond acceptors (Lipinski definition) is 3. The third-order valence-electron chi connectivity index (χ3n) is 3.66. The number of ether oxygens (including phenoxy) is 1. The average molecular weight is 285 g/mol. The first kappa shape index (κ1) is 16.3. The number of rotatable bonds is 5. The monoisotopic (exact) mass is 284 g/mol. The van der Waals surface area contributed by atoms with Crippen LogP contribution in [0.15, 0.2) is 24.3 Å². The Morgan fingerprint density at radius 2 is 2.05 bits per heavy atom. The molecule has 1 aliphatic heterocycles. The van der Waals surface area contributed by atoms with E-state index < -0.39 is 0 Å². The molecule has 0 amide bonds. The molecule has 1 heterocycles. The fraction of sp³-hybridized carbons (Fsp3) is 0.600. The smallest absolute Gasteiger partial charge is 0.119 e. The SMILES string of the molecule is CNC1CCN(CCOc2cccc(C)c2)CC1.Cl. The zero-order chi connectivity index (χ0) is 12.8. The molecule has 0 bridgehead atoms. The summed E-state index contributed by atoms with van der Waals surface area (Å²) in [5, 5.41) is 3.35. The van der Waals surface area contributed by atoms with Crippen LogP contribution in [0.2, 0.25) is 0 Å². The molecule has 1 N–H and O–H groups in total. The molecule has 19 heavy (non-hydrogen) atoms. The van der Waals surface area contributed by atoms with Crippen molar-refractivity contribution in [1.82, 2.24) is 10.2 Å². The molecular formula is C15H25ClN2O. The van der Waals surface area contributed by atoms with Gasteiger partial charge in [0.25, 0.3) is 0 Å². The van der Waals surface area contributed by atoms with E-state index in [-0.39, 0.29) is 12.4 Å². The highest BCUT2D eigenvalue weighted by atomic mass is 35.5. The summed E-state index contributed by atoms with van der Waals surface area (Å²) in [4.78, 5) is 2.49. The summed E-state index contributed by atoms with van der Waals surface area (Å²) in [5.41, 5.74) is 1.25. The van der Waals surface area contributed by atoms with Gasteiger partial charge in [-0.1, -0.05) is 12.1 Å². The Hall–Kier alpha value is -0.770. The standard InChI is InChI=1S/C15H24N2O.ClH/c1-13-4-3-5-15(12-13)18-11-10-17-8-6-14(16-2)7-9-17;/h3-5,12,14,16H,6-11H2,1-2H3;1H. The minimum absolute atomic E-state index is 0. The first-order valence-corrected chi connectivity index (χ1v) is 6.87. The Morgan fingerprint density at radius 3 is 2.68 bits per heavy atom. The van der Waals surface area contributed by atoms with Crippen LogP contribution in [0.4, 0.5) is 0 Å². The minimum atomic E-state index is 0. The Labute approximate surface area is 122 Å². The quantitative estimate of drug-likeness (QED) is 0.899. The largest absolute Gasteiger partial charge is 0.492 e. The lowest BCUT2D eigenvalue weighted by Gasteiger charge is -2.31. The van der Waals surface area contributed by atoms with Crippen molar-refractivity contribution in [3.8, 4) is 5.75 Å². The highest BCUT2D eigenvalue weighted by Gasteiger charge is 2.16. The predicted octanol–water partition coefficient (Wildman–Crippen LogP) is 2.48. The van der Waals surface area contributed by atoms with Gasteiger partial charge in [0.05, 0.1) is 0 Å². The van der Waals surface area contributed by atoms with E-state index >= 15 is 0 Å². The van der Waals surface area contributed by atoms with Crippen LogP contribution in [-0.4, -0.2) is 44.2 Å². The molecule has 1 aliphatic rings. The van der Waals surface area contributed by atoms with Crippen LogP contribution in [0, 0.1) is 6.92 Å². The second-order valence-corrected chi connectivity index (χ2v) is 5.07. The van der Waals surface area contributed by atoms with Crippen molar-refractivity contribution in [2.24, 2.45) is 0 Å². The number of nitrogens with one attached hydrogen (secondary N) is 1. The lowest BCUT2D eigenvalue weighted by molar-refractivity contribution is 0.167. The van der Waals surface area contributed by atoms with Crippen LogP contribution in [0.5, 0.6) is 5.75 Å². The van der Waals surface area contributed by atoms with Gasteiger partial charge in [-0.3, -0.25) is 4.90 Å². The van der Waals surface area contributed by atoms with Crippen LogP contribution < -0.4 is 10.1 Å². The Balaban J connectivity index is 0.00000180. The summed E-state index contributed by atoms with van der Waals surface area (Å²) in [6.07, 6.45) is 2.50. The normalized spacial score (nSPS) is 16.9. The molecule has 0 saturated carbocycles. The minimum Gasteiger partial charge on any atom is -0.492 e. The van der Waals surface area contributed by atoms with E-state index in [4.69, 9.17) is 4.74 Å². The summed E-state index contributed by atoms with van der Waals surface area (Å²) in [6, 6.07) is 8.96. The summed E-state index contributed by atoms with van der Waals surface area (Å²) >= 11 is 0. The van der Waals surface area contributed by atoms with Crippen molar-refractivity contribution in [2.75, 3.05) is 33.3 Å². The van der Waals surface area contributed by atoms with Crippen LogP contribution in [0.1, 0.15) is 18.4 Å². The Bertz CT molecular complexity index is 365. The van der Waals surface area contributed by atoms with E-state index in [1.54, 1.807) is 0 Å². The molecule has 1 fully saturated rings.